The van der Waals surface area contributed by atoms with E-state index in [0.717, 1.165) is 38.0 Å². The van der Waals surface area contributed by atoms with E-state index < -0.39 is 0 Å². The second-order valence-electron chi connectivity index (χ2n) is 4.73. The molecule has 1 aliphatic rings. The molecule has 0 aliphatic carbocycles. The Morgan fingerprint density at radius 3 is 2.79 bits per heavy atom. The number of hydrogen-bond donors (Lipinski definition) is 1. The van der Waals surface area contributed by atoms with Crippen LogP contribution in [0, 0.1) is 0 Å². The van der Waals surface area contributed by atoms with Gasteiger partial charge in [-0.05, 0) is 49.1 Å². The van der Waals surface area contributed by atoms with Crippen molar-refractivity contribution in [1.29, 1.82) is 0 Å². The summed E-state index contributed by atoms with van der Waals surface area (Å²) in [4.78, 5) is 0. The van der Waals surface area contributed by atoms with Crippen LogP contribution >= 0.6 is 23.2 Å². The molecule has 104 valence electrons. The predicted molar refractivity (Wildman–Crippen MR) is 80.8 cm³/mol. The maximum Gasteiger partial charge on any atom is 0.0876 e. The standard InChI is InChI=1S/C15H19Cl2NO/c1-2-7-18-15(12-4-3-8-19-10-12)11-5-6-13(16)14(17)9-11/h5-6,9-10,15,18H,2-4,7-8H2,1H3. The third-order valence-corrected chi connectivity index (χ3v) is 3.95. The molecule has 1 aromatic carbocycles. The minimum Gasteiger partial charge on any atom is -0.501 e. The van der Waals surface area contributed by atoms with Crippen LogP contribution < -0.4 is 5.32 Å². The predicted octanol–water partition coefficient (Wildman–Crippen LogP) is 4.73. The molecule has 1 aromatic rings. The molecular weight excluding hydrogens is 281 g/mol. The van der Waals surface area contributed by atoms with Crippen LogP contribution in [0.2, 0.25) is 10.0 Å². The van der Waals surface area contributed by atoms with Crippen molar-refractivity contribution < 1.29 is 4.74 Å². The van der Waals surface area contributed by atoms with E-state index in [1.165, 1.54) is 5.57 Å². The highest BCUT2D eigenvalue weighted by Gasteiger charge is 2.19. The minimum absolute atomic E-state index is 0.162. The van der Waals surface area contributed by atoms with Gasteiger partial charge in [-0.1, -0.05) is 36.2 Å². The second kappa shape index (κ2) is 7.18. The van der Waals surface area contributed by atoms with E-state index >= 15 is 0 Å². The maximum absolute atomic E-state index is 6.12. The number of rotatable bonds is 5. The first-order chi connectivity index (χ1) is 9.22. The van der Waals surface area contributed by atoms with E-state index in [1.54, 1.807) is 0 Å². The fraction of sp³-hybridized carbons (Fsp3) is 0.467. The summed E-state index contributed by atoms with van der Waals surface area (Å²) in [6.07, 6.45) is 5.10. The zero-order chi connectivity index (χ0) is 13.7. The van der Waals surface area contributed by atoms with Gasteiger partial charge in [0.2, 0.25) is 0 Å². The van der Waals surface area contributed by atoms with Gasteiger partial charge in [0.1, 0.15) is 0 Å². The van der Waals surface area contributed by atoms with E-state index in [-0.39, 0.29) is 6.04 Å². The highest BCUT2D eigenvalue weighted by molar-refractivity contribution is 6.42. The smallest absolute Gasteiger partial charge is 0.0876 e. The van der Waals surface area contributed by atoms with Crippen LogP contribution in [0.5, 0.6) is 0 Å². The lowest BCUT2D eigenvalue weighted by Crippen LogP contribution is -2.25. The van der Waals surface area contributed by atoms with Gasteiger partial charge in [0.05, 0.1) is 29.0 Å². The van der Waals surface area contributed by atoms with Gasteiger partial charge < -0.3 is 10.1 Å². The molecule has 19 heavy (non-hydrogen) atoms. The summed E-state index contributed by atoms with van der Waals surface area (Å²) >= 11 is 12.1. The largest absolute Gasteiger partial charge is 0.501 e. The Morgan fingerprint density at radius 2 is 2.16 bits per heavy atom. The van der Waals surface area contributed by atoms with Crippen LogP contribution in [0.4, 0.5) is 0 Å². The molecule has 2 rings (SSSR count). The summed E-state index contributed by atoms with van der Waals surface area (Å²) in [5.41, 5.74) is 2.41. The first-order valence-corrected chi connectivity index (χ1v) is 7.47. The van der Waals surface area contributed by atoms with Gasteiger partial charge >= 0.3 is 0 Å². The molecule has 0 bridgehead atoms. The van der Waals surface area contributed by atoms with Crippen LogP contribution in [0.3, 0.4) is 0 Å². The van der Waals surface area contributed by atoms with Crippen molar-refractivity contribution in [2.75, 3.05) is 13.2 Å². The maximum atomic E-state index is 6.12. The van der Waals surface area contributed by atoms with Crippen molar-refractivity contribution in [2.24, 2.45) is 0 Å². The van der Waals surface area contributed by atoms with Gasteiger partial charge in [-0.2, -0.15) is 0 Å². The van der Waals surface area contributed by atoms with Gasteiger partial charge in [-0.25, -0.2) is 0 Å². The quantitative estimate of drug-likeness (QED) is 0.849. The highest BCUT2D eigenvalue weighted by atomic mass is 35.5. The van der Waals surface area contributed by atoms with E-state index in [9.17, 15) is 0 Å². The molecule has 0 saturated heterocycles. The summed E-state index contributed by atoms with van der Waals surface area (Å²) in [6, 6.07) is 5.98. The molecule has 0 saturated carbocycles. The van der Waals surface area contributed by atoms with Crippen molar-refractivity contribution >= 4 is 23.2 Å². The fourth-order valence-electron chi connectivity index (χ4n) is 2.24. The Balaban J connectivity index is 2.25. The summed E-state index contributed by atoms with van der Waals surface area (Å²) < 4.78 is 5.46. The van der Waals surface area contributed by atoms with Crippen molar-refractivity contribution in [3.8, 4) is 0 Å². The molecule has 0 fully saturated rings. The lowest BCUT2D eigenvalue weighted by atomic mass is 9.95. The topological polar surface area (TPSA) is 21.3 Å². The monoisotopic (exact) mass is 299 g/mol. The molecule has 0 radical (unpaired) electrons. The van der Waals surface area contributed by atoms with Crippen LogP contribution in [0.25, 0.3) is 0 Å². The Hall–Kier alpha value is -0.700. The molecule has 0 amide bonds. The molecule has 0 aromatic heterocycles. The summed E-state index contributed by atoms with van der Waals surface area (Å²) in [7, 11) is 0. The Labute approximate surface area is 124 Å². The zero-order valence-electron chi connectivity index (χ0n) is 11.1. The third-order valence-electron chi connectivity index (χ3n) is 3.21. The van der Waals surface area contributed by atoms with E-state index in [1.807, 2.05) is 24.5 Å². The van der Waals surface area contributed by atoms with Gasteiger partial charge in [0.15, 0.2) is 0 Å². The first-order valence-electron chi connectivity index (χ1n) is 6.71. The second-order valence-corrected chi connectivity index (χ2v) is 5.54. The molecule has 2 nitrogen and oxygen atoms in total. The average molecular weight is 300 g/mol. The molecular formula is C15H19Cl2NO. The average Bonchev–Trinajstić information content (AvgIpc) is 2.44. The third kappa shape index (κ3) is 3.88. The van der Waals surface area contributed by atoms with Gasteiger partial charge in [-0.3, -0.25) is 0 Å². The molecule has 1 unspecified atom stereocenters. The van der Waals surface area contributed by atoms with Crippen molar-refractivity contribution in [1.82, 2.24) is 5.32 Å². The van der Waals surface area contributed by atoms with Crippen molar-refractivity contribution in [2.45, 2.75) is 32.2 Å². The van der Waals surface area contributed by atoms with Gasteiger partial charge in [0.25, 0.3) is 0 Å². The van der Waals surface area contributed by atoms with Crippen LogP contribution in [0.1, 0.15) is 37.8 Å². The van der Waals surface area contributed by atoms with Crippen LogP contribution in [-0.2, 0) is 4.74 Å². The summed E-state index contributed by atoms with van der Waals surface area (Å²) in [6.45, 7) is 3.93. The van der Waals surface area contributed by atoms with Gasteiger partial charge in [-0.15, -0.1) is 0 Å². The minimum atomic E-state index is 0.162. The molecule has 1 heterocycles. The number of halogens is 2. The Kier molecular flexibility index (Phi) is 5.56. The molecule has 1 atom stereocenters. The van der Waals surface area contributed by atoms with Gasteiger partial charge in [0, 0.05) is 0 Å². The summed E-state index contributed by atoms with van der Waals surface area (Å²) in [5, 5.41) is 4.74. The zero-order valence-corrected chi connectivity index (χ0v) is 12.6. The van der Waals surface area contributed by atoms with Crippen LogP contribution in [-0.4, -0.2) is 13.2 Å². The van der Waals surface area contributed by atoms with E-state index in [4.69, 9.17) is 27.9 Å². The Bertz CT molecular complexity index is 459. The lowest BCUT2D eigenvalue weighted by Gasteiger charge is -2.25. The lowest BCUT2D eigenvalue weighted by molar-refractivity contribution is 0.219. The van der Waals surface area contributed by atoms with Crippen molar-refractivity contribution in [3.05, 3.63) is 45.6 Å². The first kappa shape index (κ1) is 14.7. The van der Waals surface area contributed by atoms with E-state index in [0.29, 0.717) is 10.0 Å². The number of benzene rings is 1. The highest BCUT2D eigenvalue weighted by Crippen LogP contribution is 2.31. The molecule has 0 spiro atoms. The normalized spacial score (nSPS) is 16.7. The van der Waals surface area contributed by atoms with Crippen molar-refractivity contribution in [3.63, 3.8) is 0 Å². The fourth-order valence-corrected chi connectivity index (χ4v) is 2.55. The molecule has 4 heteroatoms. The Morgan fingerprint density at radius 1 is 1.32 bits per heavy atom. The number of ether oxygens (including phenoxy) is 1. The SMILES string of the molecule is CCCNC(C1=COCCC1)c1ccc(Cl)c(Cl)c1. The molecule has 1 aliphatic heterocycles. The summed E-state index contributed by atoms with van der Waals surface area (Å²) in [5.74, 6) is 0. The van der Waals surface area contributed by atoms with Crippen LogP contribution in [0.15, 0.2) is 30.0 Å². The number of nitrogens with one attached hydrogen (secondary N) is 1. The van der Waals surface area contributed by atoms with E-state index in [2.05, 4.69) is 12.2 Å². The molecule has 1 N–H and O–H groups in total. The number of hydrogen-bond acceptors (Lipinski definition) is 2.